The molecule has 0 saturated carbocycles. The summed E-state index contributed by atoms with van der Waals surface area (Å²) < 4.78 is 19.5. The number of halogens is 1. The van der Waals surface area contributed by atoms with E-state index in [2.05, 4.69) is 10.6 Å². The van der Waals surface area contributed by atoms with Crippen molar-refractivity contribution in [3.63, 3.8) is 0 Å². The van der Waals surface area contributed by atoms with Crippen molar-refractivity contribution in [2.24, 2.45) is 0 Å². The van der Waals surface area contributed by atoms with Gasteiger partial charge in [-0.2, -0.15) is 0 Å². The van der Waals surface area contributed by atoms with Gasteiger partial charge in [-0.15, -0.1) is 0 Å². The van der Waals surface area contributed by atoms with E-state index in [9.17, 15) is 0 Å². The molecular formula is C25H25ClN2O3. The minimum atomic E-state index is 0.353. The second kappa shape index (κ2) is 9.75. The number of aromatic nitrogens is 2. The highest BCUT2D eigenvalue weighted by Gasteiger charge is 2.12. The molecule has 1 heterocycles. The van der Waals surface area contributed by atoms with Crippen molar-refractivity contribution in [3.8, 4) is 17.2 Å². The smallest absolute Gasteiger partial charge is 0.161 e. The van der Waals surface area contributed by atoms with Crippen LogP contribution in [0.1, 0.15) is 17.8 Å². The number of benzene rings is 3. The lowest BCUT2D eigenvalue weighted by atomic mass is 10.2. The summed E-state index contributed by atoms with van der Waals surface area (Å²) in [6, 6.07) is 21.5. The maximum Gasteiger partial charge on any atom is 0.161 e. The van der Waals surface area contributed by atoms with Crippen LogP contribution in [0.25, 0.3) is 11.0 Å². The minimum Gasteiger partial charge on any atom is -0.494 e. The SMILES string of the molecule is COc1ccccc1OCc1nc2ccccc2n1CCCOc1ccc(Cl)c(C)c1. The molecule has 5 nitrogen and oxygen atoms in total. The summed E-state index contributed by atoms with van der Waals surface area (Å²) in [5.41, 5.74) is 3.05. The number of ether oxygens (including phenoxy) is 3. The molecule has 3 aromatic carbocycles. The summed E-state index contributed by atoms with van der Waals surface area (Å²) in [6.07, 6.45) is 0.837. The maximum absolute atomic E-state index is 6.09. The van der Waals surface area contributed by atoms with E-state index in [0.717, 1.165) is 46.2 Å². The van der Waals surface area contributed by atoms with Crippen molar-refractivity contribution in [1.29, 1.82) is 0 Å². The van der Waals surface area contributed by atoms with Crippen molar-refractivity contribution < 1.29 is 14.2 Å². The molecule has 0 amide bonds. The predicted molar refractivity (Wildman–Crippen MR) is 123 cm³/mol. The Hall–Kier alpha value is -3.18. The summed E-state index contributed by atoms with van der Waals surface area (Å²) in [6.45, 7) is 3.70. The molecule has 0 unspecified atom stereocenters. The third-order valence-electron chi connectivity index (χ3n) is 5.08. The van der Waals surface area contributed by atoms with Crippen LogP contribution in [0.3, 0.4) is 0 Å². The van der Waals surface area contributed by atoms with Crippen LogP contribution in [-0.2, 0) is 13.2 Å². The van der Waals surface area contributed by atoms with Crippen LogP contribution in [0.4, 0.5) is 0 Å². The molecule has 0 aliphatic heterocycles. The molecule has 4 rings (SSSR count). The van der Waals surface area contributed by atoms with E-state index in [1.807, 2.05) is 67.6 Å². The fraction of sp³-hybridized carbons (Fsp3) is 0.240. The zero-order valence-corrected chi connectivity index (χ0v) is 18.4. The molecule has 4 aromatic rings. The van der Waals surface area contributed by atoms with Crippen LogP contribution in [0.5, 0.6) is 17.2 Å². The van der Waals surface area contributed by atoms with Crippen molar-refractivity contribution in [2.45, 2.75) is 26.5 Å². The molecule has 0 radical (unpaired) electrons. The normalized spacial score (nSPS) is 10.9. The second-order valence-corrected chi connectivity index (χ2v) is 7.63. The van der Waals surface area contributed by atoms with Gasteiger partial charge in [0, 0.05) is 11.6 Å². The van der Waals surface area contributed by atoms with Gasteiger partial charge < -0.3 is 18.8 Å². The van der Waals surface area contributed by atoms with E-state index in [-0.39, 0.29) is 0 Å². The largest absolute Gasteiger partial charge is 0.494 e. The van der Waals surface area contributed by atoms with Crippen LogP contribution in [0.15, 0.2) is 66.7 Å². The Balaban J connectivity index is 1.45. The molecule has 0 fully saturated rings. The van der Waals surface area contributed by atoms with E-state index < -0.39 is 0 Å². The highest BCUT2D eigenvalue weighted by atomic mass is 35.5. The summed E-state index contributed by atoms with van der Waals surface area (Å²) in [4.78, 5) is 4.78. The molecule has 0 aliphatic carbocycles. The molecule has 6 heteroatoms. The Morgan fingerprint density at radius 3 is 2.52 bits per heavy atom. The van der Waals surface area contributed by atoms with Crippen molar-refractivity contribution in [1.82, 2.24) is 9.55 Å². The van der Waals surface area contributed by atoms with Gasteiger partial charge >= 0.3 is 0 Å². The summed E-state index contributed by atoms with van der Waals surface area (Å²) >= 11 is 6.09. The Kier molecular flexibility index (Phi) is 6.63. The van der Waals surface area contributed by atoms with E-state index in [1.54, 1.807) is 7.11 Å². The van der Waals surface area contributed by atoms with Gasteiger partial charge in [0.05, 0.1) is 24.8 Å². The number of hydrogen-bond donors (Lipinski definition) is 0. The van der Waals surface area contributed by atoms with Gasteiger partial charge in [-0.25, -0.2) is 4.98 Å². The minimum absolute atomic E-state index is 0.353. The average molecular weight is 437 g/mol. The lowest BCUT2D eigenvalue weighted by Gasteiger charge is -2.13. The van der Waals surface area contributed by atoms with Gasteiger partial charge in [0.25, 0.3) is 0 Å². The number of imidazole rings is 1. The highest BCUT2D eigenvalue weighted by Crippen LogP contribution is 2.27. The topological polar surface area (TPSA) is 45.5 Å². The molecule has 160 valence electrons. The second-order valence-electron chi connectivity index (χ2n) is 7.22. The Labute approximate surface area is 187 Å². The van der Waals surface area contributed by atoms with E-state index >= 15 is 0 Å². The van der Waals surface area contributed by atoms with Gasteiger partial charge in [-0.1, -0.05) is 35.9 Å². The highest BCUT2D eigenvalue weighted by molar-refractivity contribution is 6.31. The van der Waals surface area contributed by atoms with Gasteiger partial charge in [0.15, 0.2) is 11.5 Å². The standard InChI is InChI=1S/C25H25ClN2O3/c1-18-16-19(12-13-20(18)26)30-15-7-14-28-22-9-4-3-8-21(22)27-25(28)17-31-24-11-6-5-10-23(24)29-2/h3-6,8-13,16H,7,14-15,17H2,1-2H3. The fourth-order valence-corrected chi connectivity index (χ4v) is 3.60. The zero-order chi connectivity index (χ0) is 21.6. The zero-order valence-electron chi connectivity index (χ0n) is 17.7. The maximum atomic E-state index is 6.09. The summed E-state index contributed by atoms with van der Waals surface area (Å²) in [5.74, 6) is 3.11. The molecule has 0 aliphatic rings. The van der Waals surface area contributed by atoms with E-state index in [4.69, 9.17) is 30.8 Å². The van der Waals surface area contributed by atoms with Crippen LogP contribution in [0.2, 0.25) is 5.02 Å². The molecule has 1 aromatic heterocycles. The van der Waals surface area contributed by atoms with Crippen molar-refractivity contribution >= 4 is 22.6 Å². The first-order valence-electron chi connectivity index (χ1n) is 10.2. The molecule has 0 atom stereocenters. The first kappa shape index (κ1) is 21.1. The number of nitrogens with zero attached hydrogens (tertiary/aromatic N) is 2. The fourth-order valence-electron chi connectivity index (χ4n) is 3.49. The summed E-state index contributed by atoms with van der Waals surface area (Å²) in [7, 11) is 1.64. The van der Waals surface area contributed by atoms with E-state index in [0.29, 0.717) is 24.7 Å². The Morgan fingerprint density at radius 2 is 1.71 bits per heavy atom. The van der Waals surface area contributed by atoms with Crippen LogP contribution < -0.4 is 14.2 Å². The third kappa shape index (κ3) is 4.94. The van der Waals surface area contributed by atoms with Gasteiger partial charge in [-0.3, -0.25) is 0 Å². The van der Waals surface area contributed by atoms with Crippen molar-refractivity contribution in [2.75, 3.05) is 13.7 Å². The quantitative estimate of drug-likeness (QED) is 0.299. The number of rotatable bonds is 9. The lowest BCUT2D eigenvalue weighted by Crippen LogP contribution is -2.10. The first-order chi connectivity index (χ1) is 15.2. The van der Waals surface area contributed by atoms with Gasteiger partial charge in [-0.05, 0) is 61.4 Å². The van der Waals surface area contributed by atoms with E-state index in [1.165, 1.54) is 0 Å². The Morgan fingerprint density at radius 1 is 0.935 bits per heavy atom. The number of methoxy groups -OCH3 is 1. The predicted octanol–water partition coefficient (Wildman–Crippen LogP) is 6.05. The van der Waals surface area contributed by atoms with Gasteiger partial charge in [0.1, 0.15) is 18.2 Å². The first-order valence-corrected chi connectivity index (χ1v) is 10.6. The number of para-hydroxylation sites is 4. The van der Waals surface area contributed by atoms with Crippen molar-refractivity contribution in [3.05, 3.63) is 83.1 Å². The number of hydrogen-bond acceptors (Lipinski definition) is 4. The third-order valence-corrected chi connectivity index (χ3v) is 5.51. The number of fused-ring (bicyclic) bond motifs is 1. The monoisotopic (exact) mass is 436 g/mol. The molecule has 0 bridgehead atoms. The molecule has 0 saturated heterocycles. The molecule has 0 N–H and O–H groups in total. The number of aryl methyl sites for hydroxylation is 2. The van der Waals surface area contributed by atoms with Crippen LogP contribution in [0, 0.1) is 6.92 Å². The molecule has 31 heavy (non-hydrogen) atoms. The van der Waals surface area contributed by atoms with Crippen LogP contribution in [-0.4, -0.2) is 23.3 Å². The average Bonchev–Trinajstić information content (AvgIpc) is 3.15. The van der Waals surface area contributed by atoms with Gasteiger partial charge in [0.2, 0.25) is 0 Å². The lowest BCUT2D eigenvalue weighted by molar-refractivity contribution is 0.267. The molecular weight excluding hydrogens is 412 g/mol. The van der Waals surface area contributed by atoms with Crippen LogP contribution >= 0.6 is 11.6 Å². The summed E-state index contributed by atoms with van der Waals surface area (Å²) in [5, 5.41) is 0.747. The molecule has 0 spiro atoms. The Bertz CT molecular complexity index is 1170.